The molecule has 0 bridgehead atoms. The van der Waals surface area contributed by atoms with E-state index in [0.717, 1.165) is 12.1 Å². The van der Waals surface area contributed by atoms with Gasteiger partial charge >= 0.3 is 11.9 Å². The number of nitro groups is 1. The fourth-order valence-electron chi connectivity index (χ4n) is 1.54. The maximum atomic E-state index is 12.1. The van der Waals surface area contributed by atoms with Gasteiger partial charge in [-0.05, 0) is 24.3 Å². The molecule has 20 heavy (non-hydrogen) atoms. The molecule has 0 fully saturated rings. The second kappa shape index (κ2) is 5.24. The second-order valence-corrected chi connectivity index (χ2v) is 3.82. The van der Waals surface area contributed by atoms with Crippen molar-refractivity contribution < 1.29 is 27.2 Å². The number of alkyl halides is 3. The van der Waals surface area contributed by atoms with Gasteiger partial charge in [0.15, 0.2) is 12.4 Å². The fourth-order valence-corrected chi connectivity index (χ4v) is 1.54. The molecule has 8 heteroatoms. The molecule has 106 valence electrons. The van der Waals surface area contributed by atoms with E-state index >= 15 is 0 Å². The normalized spacial score (nSPS) is 11.3. The quantitative estimate of drug-likeness (QED) is 0.633. The Morgan fingerprint density at radius 1 is 1.30 bits per heavy atom. The largest absolute Gasteiger partial charge is 0.477 e. The maximum Gasteiger partial charge on any atom is 0.422 e. The van der Waals surface area contributed by atoms with Crippen LogP contribution in [0, 0.1) is 10.1 Å². The predicted octanol–water partition coefficient (Wildman–Crippen LogP) is 3.80. The molecular weight excluding hydrogens is 279 g/mol. The highest BCUT2D eigenvalue weighted by Crippen LogP contribution is 2.33. The first kappa shape index (κ1) is 13.9. The van der Waals surface area contributed by atoms with E-state index in [4.69, 9.17) is 4.42 Å². The Morgan fingerprint density at radius 2 is 2.05 bits per heavy atom. The molecule has 0 atom stereocenters. The van der Waals surface area contributed by atoms with Crippen LogP contribution >= 0.6 is 0 Å². The number of nitrogens with zero attached hydrogens (tertiary/aromatic N) is 1. The first-order valence-corrected chi connectivity index (χ1v) is 5.39. The highest BCUT2D eigenvalue weighted by molar-refractivity contribution is 5.64. The fraction of sp³-hybridized carbons (Fsp3) is 0.167. The van der Waals surface area contributed by atoms with Gasteiger partial charge in [-0.15, -0.1) is 0 Å². The maximum absolute atomic E-state index is 12.1. The Hall–Kier alpha value is -2.51. The van der Waals surface area contributed by atoms with Gasteiger partial charge in [-0.1, -0.05) is 0 Å². The summed E-state index contributed by atoms with van der Waals surface area (Å²) in [5.74, 6) is -0.0712. The van der Waals surface area contributed by atoms with Crippen molar-refractivity contribution in [3.05, 3.63) is 46.7 Å². The molecule has 0 saturated heterocycles. The number of benzene rings is 1. The third kappa shape index (κ3) is 3.28. The molecule has 0 saturated carbocycles. The van der Waals surface area contributed by atoms with E-state index in [2.05, 4.69) is 4.74 Å². The van der Waals surface area contributed by atoms with Crippen molar-refractivity contribution in [2.45, 2.75) is 6.18 Å². The van der Waals surface area contributed by atoms with Crippen molar-refractivity contribution in [1.29, 1.82) is 0 Å². The summed E-state index contributed by atoms with van der Waals surface area (Å²) in [6.45, 7) is -1.59. The van der Waals surface area contributed by atoms with Crippen LogP contribution in [-0.4, -0.2) is 17.7 Å². The molecular formula is C12H8F3NO4. The Kier molecular flexibility index (Phi) is 3.64. The predicted molar refractivity (Wildman–Crippen MR) is 62.3 cm³/mol. The average molecular weight is 287 g/mol. The molecule has 1 aromatic heterocycles. The highest BCUT2D eigenvalue weighted by Gasteiger charge is 2.30. The molecule has 1 heterocycles. The lowest BCUT2D eigenvalue weighted by Gasteiger charge is -2.09. The van der Waals surface area contributed by atoms with Gasteiger partial charge in [0.25, 0.3) is 0 Å². The van der Waals surface area contributed by atoms with Gasteiger partial charge < -0.3 is 9.15 Å². The van der Waals surface area contributed by atoms with Crippen molar-refractivity contribution in [2.24, 2.45) is 0 Å². The zero-order valence-electron chi connectivity index (χ0n) is 9.89. The van der Waals surface area contributed by atoms with Crippen LogP contribution in [0.3, 0.4) is 0 Å². The molecule has 2 rings (SSSR count). The van der Waals surface area contributed by atoms with Gasteiger partial charge in [-0.25, -0.2) is 0 Å². The van der Waals surface area contributed by atoms with Crippen LogP contribution < -0.4 is 4.74 Å². The number of rotatable bonds is 4. The molecule has 0 aliphatic rings. The monoisotopic (exact) mass is 287 g/mol. The molecule has 1 aromatic carbocycles. The van der Waals surface area contributed by atoms with Crippen molar-refractivity contribution >= 4 is 5.69 Å². The van der Waals surface area contributed by atoms with Crippen molar-refractivity contribution in [1.82, 2.24) is 0 Å². The molecule has 0 radical (unpaired) electrons. The summed E-state index contributed by atoms with van der Waals surface area (Å²) < 4.78 is 45.7. The van der Waals surface area contributed by atoms with Crippen molar-refractivity contribution in [3.8, 4) is 17.1 Å². The molecule has 0 aliphatic heterocycles. The first-order valence-electron chi connectivity index (χ1n) is 5.39. The number of halogens is 3. The third-order valence-electron chi connectivity index (χ3n) is 2.35. The molecule has 0 N–H and O–H groups in total. The van der Waals surface area contributed by atoms with E-state index in [1.54, 1.807) is 12.1 Å². The molecule has 0 amide bonds. The molecule has 0 unspecified atom stereocenters. The summed E-state index contributed by atoms with van der Waals surface area (Å²) in [4.78, 5) is 10.1. The van der Waals surface area contributed by atoms with Gasteiger partial charge in [0.2, 0.25) is 0 Å². The SMILES string of the molecule is O=[N+]([O-])c1cc(-c2ccco2)ccc1OCC(F)(F)F. The summed E-state index contributed by atoms with van der Waals surface area (Å²) in [7, 11) is 0. The number of nitro benzene ring substituents is 1. The van der Waals surface area contributed by atoms with Crippen LogP contribution in [0.25, 0.3) is 11.3 Å². The Labute approximate surface area is 110 Å². The number of hydrogen-bond acceptors (Lipinski definition) is 4. The Balaban J connectivity index is 2.31. The van der Waals surface area contributed by atoms with Crippen LogP contribution in [-0.2, 0) is 0 Å². The van der Waals surface area contributed by atoms with Crippen LogP contribution in [0.1, 0.15) is 0 Å². The minimum atomic E-state index is -4.56. The summed E-state index contributed by atoms with van der Waals surface area (Å²) in [6, 6.07) is 6.77. The first-order chi connectivity index (χ1) is 9.37. The van der Waals surface area contributed by atoms with E-state index in [9.17, 15) is 23.3 Å². The minimum absolute atomic E-state index is 0.371. The third-order valence-corrected chi connectivity index (χ3v) is 2.35. The number of ether oxygens (including phenoxy) is 1. The van der Waals surface area contributed by atoms with Crippen LogP contribution in [0.4, 0.5) is 18.9 Å². The summed E-state index contributed by atoms with van der Waals surface area (Å²) in [6.07, 6.45) is -3.18. The smallest absolute Gasteiger partial charge is 0.422 e. The van der Waals surface area contributed by atoms with E-state index < -0.39 is 29.1 Å². The van der Waals surface area contributed by atoms with E-state index in [-0.39, 0.29) is 0 Å². The van der Waals surface area contributed by atoms with E-state index in [0.29, 0.717) is 11.3 Å². The second-order valence-electron chi connectivity index (χ2n) is 3.82. The zero-order valence-corrected chi connectivity index (χ0v) is 9.89. The molecule has 2 aromatic rings. The highest BCUT2D eigenvalue weighted by atomic mass is 19.4. The summed E-state index contributed by atoms with van der Waals surface area (Å²) in [5, 5.41) is 10.9. The van der Waals surface area contributed by atoms with Gasteiger partial charge in [0.1, 0.15) is 5.76 Å². The van der Waals surface area contributed by atoms with Gasteiger partial charge in [-0.2, -0.15) is 13.2 Å². The van der Waals surface area contributed by atoms with Crippen LogP contribution in [0.5, 0.6) is 5.75 Å². The Morgan fingerprint density at radius 3 is 2.60 bits per heavy atom. The number of hydrogen-bond donors (Lipinski definition) is 0. The van der Waals surface area contributed by atoms with Gasteiger partial charge in [-0.3, -0.25) is 10.1 Å². The summed E-state index contributed by atoms with van der Waals surface area (Å²) >= 11 is 0. The van der Waals surface area contributed by atoms with Crippen LogP contribution in [0.15, 0.2) is 41.0 Å². The van der Waals surface area contributed by atoms with E-state index in [1.807, 2.05) is 0 Å². The lowest BCUT2D eigenvalue weighted by atomic mass is 10.1. The van der Waals surface area contributed by atoms with E-state index in [1.165, 1.54) is 12.3 Å². The zero-order chi connectivity index (χ0) is 14.8. The van der Waals surface area contributed by atoms with Crippen molar-refractivity contribution in [2.75, 3.05) is 6.61 Å². The van der Waals surface area contributed by atoms with Crippen LogP contribution in [0.2, 0.25) is 0 Å². The lowest BCUT2D eigenvalue weighted by Crippen LogP contribution is -2.19. The number of furan rings is 1. The topological polar surface area (TPSA) is 65.5 Å². The van der Waals surface area contributed by atoms with Crippen molar-refractivity contribution in [3.63, 3.8) is 0 Å². The molecule has 0 aliphatic carbocycles. The summed E-state index contributed by atoms with van der Waals surface area (Å²) in [5.41, 5.74) is -0.177. The standard InChI is InChI=1S/C12H8F3NO4/c13-12(14,15)7-20-11-4-3-8(6-9(11)16(17)18)10-2-1-5-19-10/h1-6H,7H2. The Bertz CT molecular complexity index is 608. The van der Waals surface area contributed by atoms with Gasteiger partial charge in [0.05, 0.1) is 11.2 Å². The average Bonchev–Trinajstić information content (AvgIpc) is 2.89. The molecule has 0 spiro atoms. The minimum Gasteiger partial charge on any atom is -0.477 e. The van der Waals surface area contributed by atoms with Gasteiger partial charge in [0, 0.05) is 11.6 Å². The molecule has 5 nitrogen and oxygen atoms in total. The lowest BCUT2D eigenvalue weighted by molar-refractivity contribution is -0.386.